The molecule has 1 unspecified atom stereocenters. The number of hydrogen-bond acceptors (Lipinski definition) is 2. The summed E-state index contributed by atoms with van der Waals surface area (Å²) < 4.78 is 2.05. The molecule has 1 aliphatic rings. The molecule has 0 aromatic carbocycles. The van der Waals surface area contributed by atoms with E-state index in [9.17, 15) is 0 Å². The maximum Gasteiger partial charge on any atom is 0.0540 e. The molecule has 3 heteroatoms. The fraction of sp³-hybridized carbons (Fsp3) is 0.800. The number of rotatable bonds is 6. The number of aromatic nitrogens is 2. The zero-order chi connectivity index (χ0) is 13.0. The summed E-state index contributed by atoms with van der Waals surface area (Å²) in [6.07, 6.45) is 10.9. The highest BCUT2D eigenvalue weighted by Gasteiger charge is 2.24. The topological polar surface area (TPSA) is 29.9 Å². The quantitative estimate of drug-likeness (QED) is 0.838. The predicted molar refractivity (Wildman–Crippen MR) is 75.6 cm³/mol. The molecule has 2 rings (SSSR count). The lowest BCUT2D eigenvalue weighted by molar-refractivity contribution is 0.358. The molecule has 1 heterocycles. The molecule has 0 saturated heterocycles. The third-order valence-corrected chi connectivity index (χ3v) is 4.09. The lowest BCUT2D eigenvalue weighted by atomic mass is 9.91. The van der Waals surface area contributed by atoms with Gasteiger partial charge in [0.15, 0.2) is 0 Å². The minimum atomic E-state index is 0.533. The Bertz CT molecular complexity index is 364. The maximum atomic E-state index is 4.42. The van der Waals surface area contributed by atoms with Gasteiger partial charge in [-0.15, -0.1) is 0 Å². The molecule has 0 amide bonds. The van der Waals surface area contributed by atoms with E-state index in [0.29, 0.717) is 12.1 Å². The van der Waals surface area contributed by atoms with Crippen molar-refractivity contribution in [1.29, 1.82) is 0 Å². The monoisotopic (exact) mass is 249 g/mol. The van der Waals surface area contributed by atoms with Crippen LogP contribution in [0.4, 0.5) is 0 Å². The Morgan fingerprint density at radius 2 is 2.11 bits per heavy atom. The summed E-state index contributed by atoms with van der Waals surface area (Å²) in [4.78, 5) is 0. The Hall–Kier alpha value is -0.830. The van der Waals surface area contributed by atoms with Crippen LogP contribution in [0.2, 0.25) is 0 Å². The highest BCUT2D eigenvalue weighted by atomic mass is 15.3. The molecule has 0 spiro atoms. The van der Waals surface area contributed by atoms with Crippen molar-refractivity contribution < 1.29 is 0 Å². The van der Waals surface area contributed by atoms with Crippen molar-refractivity contribution >= 4 is 0 Å². The van der Waals surface area contributed by atoms with Crippen LogP contribution in [0.5, 0.6) is 0 Å². The highest BCUT2D eigenvalue weighted by Crippen LogP contribution is 2.30. The lowest BCUT2D eigenvalue weighted by Crippen LogP contribution is -2.34. The van der Waals surface area contributed by atoms with E-state index >= 15 is 0 Å². The first-order valence-corrected chi connectivity index (χ1v) is 7.53. The normalized spacial score (nSPS) is 19.2. The van der Waals surface area contributed by atoms with Gasteiger partial charge in [0.2, 0.25) is 0 Å². The van der Waals surface area contributed by atoms with Gasteiger partial charge in [-0.25, -0.2) is 0 Å². The first kappa shape index (κ1) is 13.6. The van der Waals surface area contributed by atoms with Crippen molar-refractivity contribution in [1.82, 2.24) is 15.1 Å². The first-order valence-electron chi connectivity index (χ1n) is 7.53. The number of nitrogens with one attached hydrogen (secondary N) is 1. The second-order valence-electron chi connectivity index (χ2n) is 5.56. The number of hydrogen-bond donors (Lipinski definition) is 1. The lowest BCUT2D eigenvalue weighted by Gasteiger charge is -2.28. The molecular formula is C15H27N3. The Balaban J connectivity index is 2.05. The van der Waals surface area contributed by atoms with Crippen LogP contribution in [0.3, 0.4) is 0 Å². The van der Waals surface area contributed by atoms with Crippen molar-refractivity contribution in [3.63, 3.8) is 0 Å². The Morgan fingerprint density at radius 1 is 1.39 bits per heavy atom. The molecule has 1 N–H and O–H groups in total. The molecular weight excluding hydrogens is 222 g/mol. The zero-order valence-corrected chi connectivity index (χ0v) is 12.1. The molecule has 0 saturated carbocycles. The molecule has 1 aromatic heterocycles. The van der Waals surface area contributed by atoms with Crippen LogP contribution < -0.4 is 5.32 Å². The highest BCUT2D eigenvalue weighted by molar-refractivity contribution is 5.24. The Morgan fingerprint density at radius 3 is 2.78 bits per heavy atom. The summed E-state index contributed by atoms with van der Waals surface area (Å²) in [7, 11) is 2.07. The summed E-state index contributed by atoms with van der Waals surface area (Å²) in [5.41, 5.74) is 2.88. The molecule has 0 aliphatic heterocycles. The summed E-state index contributed by atoms with van der Waals surface area (Å²) >= 11 is 0. The van der Waals surface area contributed by atoms with Gasteiger partial charge >= 0.3 is 0 Å². The first-order chi connectivity index (χ1) is 8.76. The number of fused-ring (bicyclic) bond motifs is 1. The van der Waals surface area contributed by atoms with Gasteiger partial charge in [-0.2, -0.15) is 5.10 Å². The van der Waals surface area contributed by atoms with Crippen molar-refractivity contribution in [2.45, 2.75) is 70.9 Å². The standard InChI is InChI=1S/C15H27N3/c1-4-7-12(8-5-2)17-14-9-6-10-15-13(14)11-16-18(15)3/h11-12,14,17H,4-10H2,1-3H3. The average Bonchev–Trinajstić information content (AvgIpc) is 2.73. The van der Waals surface area contributed by atoms with E-state index < -0.39 is 0 Å². The van der Waals surface area contributed by atoms with Gasteiger partial charge in [-0.3, -0.25) is 4.68 Å². The number of nitrogens with zero attached hydrogens (tertiary/aromatic N) is 2. The molecule has 0 radical (unpaired) electrons. The van der Waals surface area contributed by atoms with E-state index in [2.05, 4.69) is 42.2 Å². The molecule has 0 bridgehead atoms. The predicted octanol–water partition coefficient (Wildman–Crippen LogP) is 3.36. The van der Waals surface area contributed by atoms with Gasteiger partial charge in [0, 0.05) is 30.4 Å². The smallest absolute Gasteiger partial charge is 0.0540 e. The molecule has 18 heavy (non-hydrogen) atoms. The van der Waals surface area contributed by atoms with E-state index in [1.165, 1.54) is 56.2 Å². The Labute approximate surface area is 111 Å². The Kier molecular flexibility index (Phi) is 4.81. The van der Waals surface area contributed by atoms with Crippen molar-refractivity contribution in [3.8, 4) is 0 Å². The third kappa shape index (κ3) is 2.94. The zero-order valence-electron chi connectivity index (χ0n) is 12.1. The van der Waals surface area contributed by atoms with Gasteiger partial charge < -0.3 is 5.32 Å². The van der Waals surface area contributed by atoms with E-state index in [0.717, 1.165) is 0 Å². The summed E-state index contributed by atoms with van der Waals surface area (Å²) in [6.45, 7) is 4.56. The van der Waals surface area contributed by atoms with Gasteiger partial charge in [0.1, 0.15) is 0 Å². The minimum Gasteiger partial charge on any atom is -0.307 e. The molecule has 1 aliphatic carbocycles. The third-order valence-electron chi connectivity index (χ3n) is 4.09. The van der Waals surface area contributed by atoms with E-state index in [4.69, 9.17) is 0 Å². The SMILES string of the molecule is CCCC(CCC)NC1CCCc2c1cnn2C. The van der Waals surface area contributed by atoms with Crippen LogP contribution in [-0.2, 0) is 13.5 Å². The second kappa shape index (κ2) is 6.37. The molecule has 3 nitrogen and oxygen atoms in total. The van der Waals surface area contributed by atoms with Crippen molar-refractivity contribution in [2.24, 2.45) is 7.05 Å². The minimum absolute atomic E-state index is 0.533. The second-order valence-corrected chi connectivity index (χ2v) is 5.56. The average molecular weight is 249 g/mol. The number of aryl methyl sites for hydroxylation is 1. The van der Waals surface area contributed by atoms with Crippen LogP contribution >= 0.6 is 0 Å². The fourth-order valence-corrected chi connectivity index (χ4v) is 3.17. The van der Waals surface area contributed by atoms with Crippen LogP contribution in [-0.4, -0.2) is 15.8 Å². The van der Waals surface area contributed by atoms with Gasteiger partial charge in [0.05, 0.1) is 6.20 Å². The van der Waals surface area contributed by atoms with Crippen LogP contribution in [0, 0.1) is 0 Å². The van der Waals surface area contributed by atoms with E-state index in [1.54, 1.807) is 0 Å². The molecule has 1 aromatic rings. The maximum absolute atomic E-state index is 4.42. The van der Waals surface area contributed by atoms with E-state index in [1.807, 2.05) is 0 Å². The molecule has 1 atom stereocenters. The largest absolute Gasteiger partial charge is 0.307 e. The van der Waals surface area contributed by atoms with Gasteiger partial charge in [0.25, 0.3) is 0 Å². The summed E-state index contributed by atoms with van der Waals surface area (Å²) in [5.74, 6) is 0. The van der Waals surface area contributed by atoms with Crippen LogP contribution in [0.25, 0.3) is 0 Å². The summed E-state index contributed by atoms with van der Waals surface area (Å²) in [5, 5.41) is 8.30. The van der Waals surface area contributed by atoms with E-state index in [-0.39, 0.29) is 0 Å². The van der Waals surface area contributed by atoms with Crippen LogP contribution in [0.15, 0.2) is 6.20 Å². The van der Waals surface area contributed by atoms with Crippen molar-refractivity contribution in [2.75, 3.05) is 0 Å². The van der Waals surface area contributed by atoms with Crippen molar-refractivity contribution in [3.05, 3.63) is 17.5 Å². The summed E-state index contributed by atoms with van der Waals surface area (Å²) in [6, 6.07) is 1.21. The molecule has 102 valence electrons. The molecule has 0 fully saturated rings. The van der Waals surface area contributed by atoms with Crippen LogP contribution in [0.1, 0.15) is 69.7 Å². The fourth-order valence-electron chi connectivity index (χ4n) is 3.17. The van der Waals surface area contributed by atoms with Gasteiger partial charge in [-0.1, -0.05) is 26.7 Å². The van der Waals surface area contributed by atoms with Gasteiger partial charge in [-0.05, 0) is 32.1 Å².